The molecule has 1 atom stereocenters. The Morgan fingerprint density at radius 1 is 0.833 bits per heavy atom. The molecular weight excluding hydrogens is 246 g/mol. The van der Waals surface area contributed by atoms with E-state index in [1.807, 2.05) is 0 Å². The van der Waals surface area contributed by atoms with Crippen molar-refractivity contribution in [3.05, 3.63) is 0 Å². The summed E-state index contributed by atoms with van der Waals surface area (Å²) in [4.78, 5) is 0. The van der Waals surface area contributed by atoms with E-state index >= 15 is 0 Å². The van der Waals surface area contributed by atoms with Crippen molar-refractivity contribution in [1.29, 1.82) is 0 Å². The fourth-order valence-corrected chi connectivity index (χ4v) is 2.54. The van der Waals surface area contributed by atoms with Crippen LogP contribution >= 0.6 is 0 Å². The monoisotopic (exact) mass is 277 g/mol. The van der Waals surface area contributed by atoms with E-state index in [4.69, 9.17) is 4.74 Å². The molecule has 0 aromatic heterocycles. The SMILES string of the molecule is CCCCCCCCCCCC1([NH3+])OC1(C)C.[Cl-]. The maximum atomic E-state index is 5.65. The third-order valence-corrected chi connectivity index (χ3v) is 4.19. The first-order valence-corrected chi connectivity index (χ1v) is 7.57. The van der Waals surface area contributed by atoms with Crippen LogP contribution in [0.4, 0.5) is 0 Å². The van der Waals surface area contributed by atoms with Crippen molar-refractivity contribution >= 4 is 0 Å². The molecule has 1 heterocycles. The van der Waals surface area contributed by atoms with Crippen LogP contribution in [0.25, 0.3) is 0 Å². The van der Waals surface area contributed by atoms with Crippen LogP contribution in [-0.4, -0.2) is 11.3 Å². The van der Waals surface area contributed by atoms with Crippen LogP contribution in [-0.2, 0) is 4.74 Å². The van der Waals surface area contributed by atoms with Gasteiger partial charge >= 0.3 is 0 Å². The minimum absolute atomic E-state index is 0. The zero-order chi connectivity index (χ0) is 12.8. The Balaban J connectivity index is 0.00000289. The highest BCUT2D eigenvalue weighted by Crippen LogP contribution is 2.44. The molecular formula is C15H32ClNO. The number of epoxide rings is 1. The van der Waals surface area contributed by atoms with Crippen molar-refractivity contribution in [3.8, 4) is 0 Å². The molecule has 0 radical (unpaired) electrons. The lowest BCUT2D eigenvalue weighted by Crippen LogP contribution is -3.00. The summed E-state index contributed by atoms with van der Waals surface area (Å²) in [5, 5.41) is 0. The Hall–Kier alpha value is 0.210. The van der Waals surface area contributed by atoms with Gasteiger partial charge in [-0.1, -0.05) is 58.3 Å². The van der Waals surface area contributed by atoms with Crippen molar-refractivity contribution < 1.29 is 22.9 Å². The van der Waals surface area contributed by atoms with Crippen LogP contribution in [0.3, 0.4) is 0 Å². The molecule has 1 aliphatic heterocycles. The van der Waals surface area contributed by atoms with Gasteiger partial charge in [0.1, 0.15) is 5.60 Å². The van der Waals surface area contributed by atoms with Crippen LogP contribution in [0.5, 0.6) is 0 Å². The Morgan fingerprint density at radius 3 is 1.61 bits per heavy atom. The van der Waals surface area contributed by atoms with E-state index in [1.54, 1.807) is 0 Å². The van der Waals surface area contributed by atoms with Gasteiger partial charge in [-0.2, -0.15) is 0 Å². The summed E-state index contributed by atoms with van der Waals surface area (Å²) in [6.45, 7) is 6.57. The molecule has 18 heavy (non-hydrogen) atoms. The second-order valence-corrected chi connectivity index (χ2v) is 6.19. The molecule has 1 aliphatic rings. The fourth-order valence-electron chi connectivity index (χ4n) is 2.54. The molecule has 110 valence electrons. The largest absolute Gasteiger partial charge is 1.00 e. The third-order valence-electron chi connectivity index (χ3n) is 4.19. The lowest BCUT2D eigenvalue weighted by molar-refractivity contribution is -0.473. The Labute approximate surface area is 119 Å². The Bertz CT molecular complexity index is 221. The first-order valence-electron chi connectivity index (χ1n) is 7.57. The zero-order valence-electron chi connectivity index (χ0n) is 12.6. The number of quaternary nitrogens is 1. The number of rotatable bonds is 10. The van der Waals surface area contributed by atoms with Crippen molar-refractivity contribution in [2.24, 2.45) is 0 Å². The van der Waals surface area contributed by atoms with Crippen molar-refractivity contribution in [2.75, 3.05) is 0 Å². The van der Waals surface area contributed by atoms with Gasteiger partial charge in [-0.05, 0) is 20.3 Å². The number of hydrogen-bond acceptors (Lipinski definition) is 1. The van der Waals surface area contributed by atoms with Crippen LogP contribution in [0.1, 0.15) is 85.0 Å². The van der Waals surface area contributed by atoms with E-state index in [0.717, 1.165) is 6.42 Å². The second kappa shape index (κ2) is 8.39. The van der Waals surface area contributed by atoms with E-state index in [1.165, 1.54) is 57.8 Å². The van der Waals surface area contributed by atoms with Gasteiger partial charge in [-0.3, -0.25) is 0 Å². The van der Waals surface area contributed by atoms with E-state index in [2.05, 4.69) is 26.5 Å². The summed E-state index contributed by atoms with van der Waals surface area (Å²) >= 11 is 0. The Kier molecular flexibility index (Phi) is 8.49. The lowest BCUT2D eigenvalue weighted by Gasteiger charge is -2.05. The predicted octanol–water partition coefficient (Wildman–Crippen LogP) is 0.658. The van der Waals surface area contributed by atoms with Crippen molar-refractivity contribution in [1.82, 2.24) is 0 Å². The number of unbranched alkanes of at least 4 members (excludes halogenated alkanes) is 8. The van der Waals surface area contributed by atoms with E-state index in [0.29, 0.717) is 0 Å². The average molecular weight is 278 g/mol. The van der Waals surface area contributed by atoms with Crippen LogP contribution in [0.2, 0.25) is 0 Å². The Morgan fingerprint density at radius 2 is 1.22 bits per heavy atom. The quantitative estimate of drug-likeness (QED) is 0.463. The average Bonchev–Trinajstić information content (AvgIpc) is 2.76. The van der Waals surface area contributed by atoms with Crippen LogP contribution in [0, 0.1) is 0 Å². The zero-order valence-corrected chi connectivity index (χ0v) is 13.3. The van der Waals surface area contributed by atoms with Crippen molar-refractivity contribution in [3.63, 3.8) is 0 Å². The summed E-state index contributed by atoms with van der Waals surface area (Å²) < 4.78 is 5.65. The molecule has 2 nitrogen and oxygen atoms in total. The second-order valence-electron chi connectivity index (χ2n) is 6.19. The molecule has 1 rings (SSSR count). The van der Waals surface area contributed by atoms with Gasteiger partial charge in [0.05, 0.1) is 0 Å². The van der Waals surface area contributed by atoms with Gasteiger partial charge in [0, 0.05) is 6.42 Å². The molecule has 0 spiro atoms. The molecule has 0 aromatic carbocycles. The van der Waals surface area contributed by atoms with Gasteiger partial charge < -0.3 is 22.9 Å². The molecule has 1 unspecified atom stereocenters. The minimum atomic E-state index is -0.0614. The molecule has 3 heteroatoms. The summed E-state index contributed by atoms with van der Waals surface area (Å²) in [7, 11) is 0. The smallest absolute Gasteiger partial charge is 0.228 e. The molecule has 0 aliphatic carbocycles. The lowest BCUT2D eigenvalue weighted by atomic mass is 9.98. The first-order chi connectivity index (χ1) is 8.02. The minimum Gasteiger partial charge on any atom is -1.00 e. The number of halogens is 1. The maximum Gasteiger partial charge on any atom is 0.228 e. The highest BCUT2D eigenvalue weighted by molar-refractivity contribution is 5.00. The third kappa shape index (κ3) is 5.90. The van der Waals surface area contributed by atoms with Crippen LogP contribution < -0.4 is 18.1 Å². The van der Waals surface area contributed by atoms with E-state index in [-0.39, 0.29) is 23.7 Å². The molecule has 0 bridgehead atoms. The summed E-state index contributed by atoms with van der Waals surface area (Å²) in [5.41, 5.74) is 4.15. The molecule has 1 saturated heterocycles. The summed E-state index contributed by atoms with van der Waals surface area (Å²) in [6.07, 6.45) is 13.6. The van der Waals surface area contributed by atoms with Gasteiger partial charge in [0.2, 0.25) is 5.72 Å². The number of ether oxygens (including phenoxy) is 1. The molecule has 0 aromatic rings. The van der Waals surface area contributed by atoms with Crippen LogP contribution in [0.15, 0.2) is 0 Å². The highest BCUT2D eigenvalue weighted by atomic mass is 35.5. The number of hydrogen-bond donors (Lipinski definition) is 1. The fraction of sp³-hybridized carbons (Fsp3) is 1.00. The van der Waals surface area contributed by atoms with Crippen molar-refractivity contribution in [2.45, 2.75) is 96.3 Å². The molecule has 0 amide bonds. The molecule has 0 saturated carbocycles. The van der Waals surface area contributed by atoms with E-state index < -0.39 is 0 Å². The summed E-state index contributed by atoms with van der Waals surface area (Å²) in [6, 6.07) is 0. The van der Waals surface area contributed by atoms with E-state index in [9.17, 15) is 0 Å². The van der Waals surface area contributed by atoms with Gasteiger partial charge in [0.15, 0.2) is 0 Å². The topological polar surface area (TPSA) is 40.2 Å². The maximum absolute atomic E-state index is 5.65. The van der Waals surface area contributed by atoms with Gasteiger partial charge in [-0.15, -0.1) is 0 Å². The molecule has 3 N–H and O–H groups in total. The summed E-state index contributed by atoms with van der Waals surface area (Å²) in [5.74, 6) is 0. The molecule has 1 fully saturated rings. The first kappa shape index (κ1) is 18.2. The normalized spacial score (nSPS) is 24.7. The van der Waals surface area contributed by atoms with Gasteiger partial charge in [0.25, 0.3) is 0 Å². The van der Waals surface area contributed by atoms with Gasteiger partial charge in [-0.25, -0.2) is 0 Å². The highest BCUT2D eigenvalue weighted by Gasteiger charge is 2.65. The predicted molar refractivity (Wildman–Crippen MR) is 72.6 cm³/mol. The standard InChI is InChI=1S/C15H31NO.ClH/c1-4-5-6-7-8-9-10-11-12-13-15(16)14(2,3)17-15;/h4-13,16H2,1-3H3;1H.